The maximum atomic E-state index is 14.1. The van der Waals surface area contributed by atoms with E-state index in [2.05, 4.69) is 5.32 Å². The van der Waals surface area contributed by atoms with Gasteiger partial charge in [0.1, 0.15) is 31.6 Å². The first-order chi connectivity index (χ1) is 20.1. The number of nitrogens with zero attached hydrogens (tertiary/aromatic N) is 2. The van der Waals surface area contributed by atoms with E-state index < -0.39 is 34.3 Å². The van der Waals surface area contributed by atoms with Crippen LogP contribution in [0.3, 0.4) is 0 Å². The van der Waals surface area contributed by atoms with E-state index in [-0.39, 0.29) is 41.4 Å². The van der Waals surface area contributed by atoms with Gasteiger partial charge in [-0.2, -0.15) is 0 Å². The van der Waals surface area contributed by atoms with Gasteiger partial charge in [-0.3, -0.25) is 13.9 Å². The molecule has 2 atom stereocenters. The molecule has 42 heavy (non-hydrogen) atoms. The van der Waals surface area contributed by atoms with Crippen LogP contribution in [0.15, 0.2) is 77.7 Å². The van der Waals surface area contributed by atoms with E-state index in [0.717, 1.165) is 22.0 Å². The summed E-state index contributed by atoms with van der Waals surface area (Å²) in [7, 11) is -4.35. The highest BCUT2D eigenvalue weighted by atomic mass is 32.2. The Bertz CT molecular complexity index is 1480. The van der Waals surface area contributed by atoms with Gasteiger partial charge in [-0.25, -0.2) is 12.8 Å². The average molecular weight is 598 g/mol. The highest BCUT2D eigenvalue weighted by Gasteiger charge is 2.34. The van der Waals surface area contributed by atoms with Crippen molar-refractivity contribution in [2.75, 3.05) is 24.1 Å². The van der Waals surface area contributed by atoms with E-state index in [4.69, 9.17) is 9.47 Å². The van der Waals surface area contributed by atoms with Gasteiger partial charge in [0.15, 0.2) is 11.5 Å². The molecule has 9 nitrogen and oxygen atoms in total. The molecule has 0 fully saturated rings. The number of carbonyl (C=O) groups excluding carboxylic acids is 2. The maximum absolute atomic E-state index is 14.1. The summed E-state index contributed by atoms with van der Waals surface area (Å²) in [5, 5.41) is 2.95. The molecule has 2 amide bonds. The monoisotopic (exact) mass is 597 g/mol. The van der Waals surface area contributed by atoms with Gasteiger partial charge in [-0.05, 0) is 61.7 Å². The molecule has 0 bridgehead atoms. The second kappa shape index (κ2) is 13.7. The molecule has 3 aromatic carbocycles. The molecule has 0 spiro atoms. The van der Waals surface area contributed by atoms with E-state index >= 15 is 0 Å². The number of rotatable bonds is 12. The average Bonchev–Trinajstić information content (AvgIpc) is 3.00. The van der Waals surface area contributed by atoms with E-state index in [1.807, 2.05) is 44.2 Å². The number of halogens is 1. The number of benzene rings is 3. The maximum Gasteiger partial charge on any atom is 0.264 e. The molecule has 224 valence electrons. The Kier molecular flexibility index (Phi) is 10.1. The van der Waals surface area contributed by atoms with E-state index in [1.165, 1.54) is 35.2 Å². The smallest absolute Gasteiger partial charge is 0.264 e. The van der Waals surface area contributed by atoms with Crippen LogP contribution < -0.4 is 19.1 Å². The lowest BCUT2D eigenvalue weighted by molar-refractivity contribution is -0.140. The van der Waals surface area contributed by atoms with Gasteiger partial charge in [-0.1, -0.05) is 44.2 Å². The molecule has 1 heterocycles. The molecule has 11 heteroatoms. The normalized spacial score (nSPS) is 14.0. The van der Waals surface area contributed by atoms with Gasteiger partial charge in [0.05, 0.1) is 10.6 Å². The molecule has 0 saturated carbocycles. The van der Waals surface area contributed by atoms with Gasteiger partial charge in [0, 0.05) is 18.7 Å². The molecule has 1 aliphatic rings. The third kappa shape index (κ3) is 7.20. The highest BCUT2D eigenvalue weighted by Crippen LogP contribution is 2.34. The SMILES string of the molecule is CC[C@@H](C)NC(=O)[C@H](CC)N(Cc1ccccc1)C(=O)CN(c1ccc(F)cc1)S(=O)(=O)c1ccc2c(c1)OCCO2. The Morgan fingerprint density at radius 2 is 1.60 bits per heavy atom. The summed E-state index contributed by atoms with van der Waals surface area (Å²) in [4.78, 5) is 28.7. The summed E-state index contributed by atoms with van der Waals surface area (Å²) < 4.78 is 54.0. The fourth-order valence-corrected chi connectivity index (χ4v) is 6.02. The Hall–Kier alpha value is -4.12. The summed E-state index contributed by atoms with van der Waals surface area (Å²) >= 11 is 0. The van der Waals surface area contributed by atoms with E-state index in [0.29, 0.717) is 25.2 Å². The zero-order valence-electron chi connectivity index (χ0n) is 24.0. The van der Waals surface area contributed by atoms with Crippen LogP contribution >= 0.6 is 0 Å². The zero-order chi connectivity index (χ0) is 30.3. The van der Waals surface area contributed by atoms with Crippen molar-refractivity contribution in [2.45, 2.75) is 57.1 Å². The summed E-state index contributed by atoms with van der Waals surface area (Å²) in [6.07, 6.45) is 1.02. The summed E-state index contributed by atoms with van der Waals surface area (Å²) in [5.41, 5.74) is 0.875. The number of anilines is 1. The van der Waals surface area contributed by atoms with Crippen molar-refractivity contribution in [3.05, 3.63) is 84.2 Å². The van der Waals surface area contributed by atoms with Crippen LogP contribution in [0, 0.1) is 5.82 Å². The molecule has 0 saturated heterocycles. The Morgan fingerprint density at radius 1 is 0.929 bits per heavy atom. The fraction of sp³-hybridized carbons (Fsp3) is 0.355. The summed E-state index contributed by atoms with van der Waals surface area (Å²) in [6.45, 7) is 5.70. The van der Waals surface area contributed by atoms with Crippen molar-refractivity contribution in [3.63, 3.8) is 0 Å². The standard InChI is InChI=1S/C31H36FN3O6S/c1-4-22(3)33-31(37)27(5-2)34(20-23-9-7-6-8-10-23)30(36)21-35(25-13-11-24(32)12-14-25)42(38,39)26-15-16-28-29(19-26)41-18-17-40-28/h6-16,19,22,27H,4-5,17-18,20-21H2,1-3H3,(H,33,37)/t22-,27+/m1/s1. The number of hydrogen-bond acceptors (Lipinski definition) is 6. The topological polar surface area (TPSA) is 105 Å². The van der Waals surface area contributed by atoms with Crippen molar-refractivity contribution in [2.24, 2.45) is 0 Å². The molecular weight excluding hydrogens is 561 g/mol. The number of sulfonamides is 1. The van der Waals surface area contributed by atoms with Crippen molar-refractivity contribution in [1.82, 2.24) is 10.2 Å². The summed E-state index contributed by atoms with van der Waals surface area (Å²) in [5.74, 6) is -0.780. The van der Waals surface area contributed by atoms with E-state index in [1.54, 1.807) is 6.92 Å². The van der Waals surface area contributed by atoms with Crippen LogP contribution in [0.5, 0.6) is 11.5 Å². The lowest BCUT2D eigenvalue weighted by atomic mass is 10.1. The van der Waals surface area contributed by atoms with Crippen molar-refractivity contribution in [3.8, 4) is 11.5 Å². The second-order valence-corrected chi connectivity index (χ2v) is 11.9. The lowest BCUT2D eigenvalue weighted by Crippen LogP contribution is -2.53. The van der Waals surface area contributed by atoms with Crippen molar-refractivity contribution in [1.29, 1.82) is 0 Å². The largest absolute Gasteiger partial charge is 0.486 e. The van der Waals surface area contributed by atoms with Crippen LogP contribution in [-0.4, -0.2) is 57.0 Å². The molecule has 0 aliphatic carbocycles. The molecule has 0 unspecified atom stereocenters. The minimum Gasteiger partial charge on any atom is -0.486 e. The first-order valence-corrected chi connectivity index (χ1v) is 15.4. The van der Waals surface area contributed by atoms with Gasteiger partial charge in [0.25, 0.3) is 10.0 Å². The number of ether oxygens (including phenoxy) is 2. The molecule has 3 aromatic rings. The third-order valence-electron chi connectivity index (χ3n) is 7.08. The van der Waals surface area contributed by atoms with Gasteiger partial charge >= 0.3 is 0 Å². The first-order valence-electron chi connectivity index (χ1n) is 14.0. The van der Waals surface area contributed by atoms with Crippen molar-refractivity contribution >= 4 is 27.5 Å². The molecule has 4 rings (SSSR count). The first kappa shape index (κ1) is 30.8. The minimum atomic E-state index is -4.35. The van der Waals surface area contributed by atoms with Gasteiger partial charge in [-0.15, -0.1) is 0 Å². The van der Waals surface area contributed by atoms with Crippen LogP contribution in [0.1, 0.15) is 39.2 Å². The molecule has 0 aromatic heterocycles. The minimum absolute atomic E-state index is 0.0907. The highest BCUT2D eigenvalue weighted by molar-refractivity contribution is 7.92. The number of hydrogen-bond donors (Lipinski definition) is 1. The number of nitrogens with one attached hydrogen (secondary N) is 1. The van der Waals surface area contributed by atoms with Gasteiger partial charge in [0.2, 0.25) is 11.8 Å². The zero-order valence-corrected chi connectivity index (χ0v) is 24.8. The Labute approximate surface area is 246 Å². The molecule has 1 aliphatic heterocycles. The lowest BCUT2D eigenvalue weighted by Gasteiger charge is -2.33. The fourth-order valence-electron chi connectivity index (χ4n) is 4.59. The van der Waals surface area contributed by atoms with Crippen molar-refractivity contribution < 1.29 is 31.9 Å². The molecular formula is C31H36FN3O6S. The Balaban J connectivity index is 1.73. The predicted molar refractivity (Wildman–Crippen MR) is 157 cm³/mol. The number of fused-ring (bicyclic) bond motifs is 1. The Morgan fingerprint density at radius 3 is 2.24 bits per heavy atom. The second-order valence-electron chi connectivity index (χ2n) is 10.0. The molecule has 1 N–H and O–H groups in total. The summed E-state index contributed by atoms with van der Waals surface area (Å²) in [6, 6.07) is 17.3. The van der Waals surface area contributed by atoms with Crippen LogP contribution in [0.25, 0.3) is 0 Å². The van der Waals surface area contributed by atoms with Crippen LogP contribution in [0.4, 0.5) is 10.1 Å². The predicted octanol–water partition coefficient (Wildman–Crippen LogP) is 4.51. The van der Waals surface area contributed by atoms with Crippen LogP contribution in [-0.2, 0) is 26.2 Å². The quantitative estimate of drug-likeness (QED) is 0.329. The van der Waals surface area contributed by atoms with Gasteiger partial charge < -0.3 is 19.7 Å². The molecule has 0 radical (unpaired) electrons. The number of carbonyl (C=O) groups is 2. The van der Waals surface area contributed by atoms with E-state index in [9.17, 15) is 22.4 Å². The third-order valence-corrected chi connectivity index (χ3v) is 8.85. The van der Waals surface area contributed by atoms with Crippen LogP contribution in [0.2, 0.25) is 0 Å². The number of amides is 2.